The molecule has 0 unspecified atom stereocenters. The summed E-state index contributed by atoms with van der Waals surface area (Å²) in [5.41, 5.74) is 2.04. The van der Waals surface area contributed by atoms with E-state index in [-0.39, 0.29) is 16.5 Å². The van der Waals surface area contributed by atoms with Gasteiger partial charge in [-0.3, -0.25) is 4.79 Å². The van der Waals surface area contributed by atoms with Crippen LogP contribution in [0.1, 0.15) is 11.1 Å². The van der Waals surface area contributed by atoms with Crippen molar-refractivity contribution in [3.05, 3.63) is 89.0 Å². The van der Waals surface area contributed by atoms with Crippen molar-refractivity contribution in [3.8, 4) is 5.69 Å². The van der Waals surface area contributed by atoms with Gasteiger partial charge < -0.3 is 4.90 Å². The maximum Gasteiger partial charge on any atom is 0.246 e. The van der Waals surface area contributed by atoms with Gasteiger partial charge in [0.25, 0.3) is 0 Å². The Hall–Kier alpha value is -2.92. The van der Waals surface area contributed by atoms with E-state index < -0.39 is 5.82 Å². The minimum absolute atomic E-state index is 0.202. The molecule has 3 rings (SSSR count). The van der Waals surface area contributed by atoms with Crippen LogP contribution in [0.5, 0.6) is 0 Å². The number of hydrogen-bond donors (Lipinski definition) is 0. The standard InChI is InChI=1S/C20H17ClFN3O/c1-24(20(26)11-10-17-18(21)8-5-9-19(17)22)13-15-12-23-25(14-15)16-6-3-2-4-7-16/h2-12,14H,13H2,1H3/b11-10+. The Morgan fingerprint density at radius 3 is 2.73 bits per heavy atom. The molecule has 0 aliphatic carbocycles. The van der Waals surface area contributed by atoms with Crippen LogP contribution in [0.4, 0.5) is 4.39 Å². The first-order valence-corrected chi connectivity index (χ1v) is 8.38. The highest BCUT2D eigenvalue weighted by Gasteiger charge is 2.09. The summed E-state index contributed by atoms with van der Waals surface area (Å²) in [7, 11) is 1.68. The normalized spacial score (nSPS) is 11.0. The van der Waals surface area contributed by atoms with Crippen LogP contribution in [0, 0.1) is 5.82 Å². The van der Waals surface area contributed by atoms with Crippen LogP contribution in [0.2, 0.25) is 5.02 Å². The molecule has 0 aliphatic heterocycles. The fourth-order valence-electron chi connectivity index (χ4n) is 2.47. The Bertz CT molecular complexity index is 917. The summed E-state index contributed by atoms with van der Waals surface area (Å²) in [6.07, 6.45) is 6.29. The molecule has 0 radical (unpaired) electrons. The lowest BCUT2D eigenvalue weighted by atomic mass is 10.2. The zero-order valence-corrected chi connectivity index (χ0v) is 14.9. The summed E-state index contributed by atoms with van der Waals surface area (Å²) >= 11 is 5.96. The SMILES string of the molecule is CN(Cc1cnn(-c2ccccc2)c1)C(=O)/C=C/c1c(F)cccc1Cl. The van der Waals surface area contributed by atoms with E-state index in [4.69, 9.17) is 11.6 Å². The predicted molar refractivity (Wildman–Crippen MR) is 100 cm³/mol. The highest BCUT2D eigenvalue weighted by molar-refractivity contribution is 6.32. The summed E-state index contributed by atoms with van der Waals surface area (Å²) in [6, 6.07) is 14.1. The molecule has 0 aliphatic rings. The number of halogens is 2. The molecule has 4 nitrogen and oxygen atoms in total. The Morgan fingerprint density at radius 1 is 1.23 bits per heavy atom. The Balaban J connectivity index is 1.66. The van der Waals surface area contributed by atoms with Crippen molar-refractivity contribution in [2.45, 2.75) is 6.54 Å². The van der Waals surface area contributed by atoms with Gasteiger partial charge in [-0.05, 0) is 30.3 Å². The number of aromatic nitrogens is 2. The molecule has 0 fully saturated rings. The fraction of sp³-hybridized carbons (Fsp3) is 0.100. The first kappa shape index (κ1) is 17.9. The highest BCUT2D eigenvalue weighted by Crippen LogP contribution is 2.20. The first-order valence-electron chi connectivity index (χ1n) is 8.01. The molecule has 2 aromatic carbocycles. The van der Waals surface area contributed by atoms with Gasteiger partial charge in [0, 0.05) is 37.0 Å². The lowest BCUT2D eigenvalue weighted by Gasteiger charge is -2.13. The number of rotatable bonds is 5. The predicted octanol–water partition coefficient (Wildman–Crippen LogP) is 4.34. The number of likely N-dealkylation sites (N-methyl/N-ethyl adjacent to an activating group) is 1. The summed E-state index contributed by atoms with van der Waals surface area (Å²) < 4.78 is 15.5. The summed E-state index contributed by atoms with van der Waals surface area (Å²) in [5.74, 6) is -0.717. The summed E-state index contributed by atoms with van der Waals surface area (Å²) in [5, 5.41) is 4.57. The molecule has 0 saturated heterocycles. The largest absolute Gasteiger partial charge is 0.338 e. The van der Waals surface area contributed by atoms with Crippen LogP contribution in [-0.2, 0) is 11.3 Å². The molecule has 3 aromatic rings. The minimum Gasteiger partial charge on any atom is -0.338 e. The molecule has 1 aromatic heterocycles. The van der Waals surface area contributed by atoms with Crippen molar-refractivity contribution >= 4 is 23.6 Å². The molecule has 6 heteroatoms. The number of benzene rings is 2. The monoisotopic (exact) mass is 369 g/mol. The van der Waals surface area contributed by atoms with Crippen LogP contribution >= 0.6 is 11.6 Å². The van der Waals surface area contributed by atoms with Crippen LogP contribution in [0.25, 0.3) is 11.8 Å². The van der Waals surface area contributed by atoms with Crippen molar-refractivity contribution in [1.82, 2.24) is 14.7 Å². The topological polar surface area (TPSA) is 38.1 Å². The summed E-state index contributed by atoms with van der Waals surface area (Å²) in [6.45, 7) is 0.390. The van der Waals surface area contributed by atoms with E-state index in [1.54, 1.807) is 24.0 Å². The van der Waals surface area contributed by atoms with E-state index in [2.05, 4.69) is 5.10 Å². The zero-order valence-electron chi connectivity index (χ0n) is 14.1. The molecule has 1 amide bonds. The number of amides is 1. The van der Waals surface area contributed by atoms with E-state index in [0.29, 0.717) is 6.54 Å². The van der Waals surface area contributed by atoms with Crippen molar-refractivity contribution in [2.24, 2.45) is 0 Å². The molecule has 0 spiro atoms. The van der Waals surface area contributed by atoms with Crippen molar-refractivity contribution in [1.29, 1.82) is 0 Å². The van der Waals surface area contributed by atoms with Crippen LogP contribution in [0.15, 0.2) is 67.0 Å². The Morgan fingerprint density at radius 2 is 2.00 bits per heavy atom. The lowest BCUT2D eigenvalue weighted by Crippen LogP contribution is -2.23. The Kier molecular flexibility index (Phi) is 5.49. The second-order valence-corrected chi connectivity index (χ2v) is 6.20. The molecule has 0 N–H and O–H groups in total. The van der Waals surface area contributed by atoms with Gasteiger partial charge in [0.15, 0.2) is 0 Å². The van der Waals surface area contributed by atoms with Gasteiger partial charge in [0.2, 0.25) is 5.91 Å². The molecule has 26 heavy (non-hydrogen) atoms. The Labute approximate surface area is 156 Å². The average molecular weight is 370 g/mol. The molecular formula is C20H17ClFN3O. The molecule has 1 heterocycles. The van der Waals surface area contributed by atoms with Gasteiger partial charge in [-0.15, -0.1) is 0 Å². The number of nitrogens with zero attached hydrogens (tertiary/aromatic N) is 3. The molecular weight excluding hydrogens is 353 g/mol. The van der Waals surface area contributed by atoms with E-state index in [9.17, 15) is 9.18 Å². The van der Waals surface area contributed by atoms with Crippen LogP contribution in [-0.4, -0.2) is 27.6 Å². The fourth-order valence-corrected chi connectivity index (χ4v) is 2.69. The van der Waals surface area contributed by atoms with E-state index in [1.165, 1.54) is 29.2 Å². The van der Waals surface area contributed by atoms with E-state index >= 15 is 0 Å². The first-order chi connectivity index (χ1) is 12.5. The van der Waals surface area contributed by atoms with Gasteiger partial charge in [-0.2, -0.15) is 5.10 Å². The van der Waals surface area contributed by atoms with Crippen LogP contribution in [0.3, 0.4) is 0 Å². The van der Waals surface area contributed by atoms with Crippen molar-refractivity contribution in [3.63, 3.8) is 0 Å². The van der Waals surface area contributed by atoms with Gasteiger partial charge in [-0.25, -0.2) is 9.07 Å². The third kappa shape index (κ3) is 4.18. The number of carbonyl (C=O) groups is 1. The maximum absolute atomic E-state index is 13.7. The number of hydrogen-bond acceptors (Lipinski definition) is 2. The second kappa shape index (κ2) is 7.97. The van der Waals surface area contributed by atoms with Gasteiger partial charge in [0.1, 0.15) is 5.82 Å². The van der Waals surface area contributed by atoms with Gasteiger partial charge in [-0.1, -0.05) is 35.9 Å². The molecule has 0 bridgehead atoms. The van der Waals surface area contributed by atoms with Crippen molar-refractivity contribution in [2.75, 3.05) is 7.05 Å². The van der Waals surface area contributed by atoms with Gasteiger partial charge >= 0.3 is 0 Å². The van der Waals surface area contributed by atoms with Crippen LogP contribution < -0.4 is 0 Å². The molecule has 0 saturated carbocycles. The average Bonchev–Trinajstić information content (AvgIpc) is 3.10. The smallest absolute Gasteiger partial charge is 0.246 e. The van der Waals surface area contributed by atoms with Gasteiger partial charge in [0.05, 0.1) is 16.9 Å². The number of para-hydroxylation sites is 1. The molecule has 0 atom stereocenters. The number of carbonyl (C=O) groups excluding carboxylic acids is 1. The highest BCUT2D eigenvalue weighted by atomic mass is 35.5. The van der Waals surface area contributed by atoms with Crippen molar-refractivity contribution < 1.29 is 9.18 Å². The van der Waals surface area contributed by atoms with E-state index in [1.807, 2.05) is 36.5 Å². The zero-order chi connectivity index (χ0) is 18.5. The second-order valence-electron chi connectivity index (χ2n) is 5.79. The quantitative estimate of drug-likeness (QED) is 0.627. The maximum atomic E-state index is 13.7. The summed E-state index contributed by atoms with van der Waals surface area (Å²) in [4.78, 5) is 13.8. The third-order valence-corrected chi connectivity index (χ3v) is 4.17. The van der Waals surface area contributed by atoms with E-state index in [0.717, 1.165) is 11.3 Å². The molecule has 132 valence electrons. The third-order valence-electron chi connectivity index (χ3n) is 3.85. The lowest BCUT2D eigenvalue weighted by molar-refractivity contribution is -0.125. The minimum atomic E-state index is -0.464.